The summed E-state index contributed by atoms with van der Waals surface area (Å²) in [4.78, 5) is 25.5. The number of nitro groups is 1. The average molecular weight is 382 g/mol. The summed E-state index contributed by atoms with van der Waals surface area (Å²) in [5.74, 6) is 0.167. The van der Waals surface area contributed by atoms with Crippen molar-refractivity contribution in [3.8, 4) is 0 Å². The van der Waals surface area contributed by atoms with Crippen LogP contribution in [0, 0.1) is 10.1 Å². The number of ether oxygens (including phenoxy) is 1. The fourth-order valence-electron chi connectivity index (χ4n) is 3.17. The first-order chi connectivity index (χ1) is 13.6. The van der Waals surface area contributed by atoms with Gasteiger partial charge in [-0.2, -0.15) is 0 Å². The fourth-order valence-corrected chi connectivity index (χ4v) is 3.17. The van der Waals surface area contributed by atoms with E-state index in [1.54, 1.807) is 10.5 Å². The van der Waals surface area contributed by atoms with Gasteiger partial charge in [0.25, 0.3) is 11.6 Å². The summed E-state index contributed by atoms with van der Waals surface area (Å²) in [5, 5.41) is 22.1. The van der Waals surface area contributed by atoms with Crippen molar-refractivity contribution < 1.29 is 14.5 Å². The zero-order valence-corrected chi connectivity index (χ0v) is 14.9. The maximum absolute atomic E-state index is 12.9. The van der Waals surface area contributed by atoms with Crippen LogP contribution in [0.15, 0.2) is 42.6 Å². The molecule has 1 aliphatic rings. The maximum atomic E-state index is 12.9. The third kappa shape index (κ3) is 3.49. The van der Waals surface area contributed by atoms with Gasteiger partial charge in [0.2, 0.25) is 0 Å². The molecule has 1 saturated heterocycles. The fraction of sp³-hybridized carbons (Fsp3) is 0.278. The molecule has 1 aromatic carbocycles. The highest BCUT2D eigenvalue weighted by molar-refractivity contribution is 6.00. The first-order valence-corrected chi connectivity index (χ1v) is 8.81. The Labute approximate surface area is 159 Å². The molecule has 0 spiro atoms. The second-order valence-electron chi connectivity index (χ2n) is 6.29. The van der Waals surface area contributed by atoms with Gasteiger partial charge in [0.15, 0.2) is 11.5 Å². The summed E-state index contributed by atoms with van der Waals surface area (Å²) in [6.45, 7) is 2.47. The Morgan fingerprint density at radius 1 is 1.21 bits per heavy atom. The van der Waals surface area contributed by atoms with Crippen LogP contribution in [-0.4, -0.2) is 51.7 Å². The Morgan fingerprint density at radius 2 is 2.04 bits per heavy atom. The van der Waals surface area contributed by atoms with E-state index in [0.717, 1.165) is 0 Å². The third-order valence-corrected chi connectivity index (χ3v) is 4.58. The zero-order valence-electron chi connectivity index (χ0n) is 14.9. The predicted octanol–water partition coefficient (Wildman–Crippen LogP) is 1.40. The van der Waals surface area contributed by atoms with Crippen molar-refractivity contribution in [2.75, 3.05) is 31.2 Å². The summed E-state index contributed by atoms with van der Waals surface area (Å²) < 4.78 is 7.13. The first-order valence-electron chi connectivity index (χ1n) is 8.81. The van der Waals surface area contributed by atoms with Crippen LogP contribution in [0.5, 0.6) is 0 Å². The monoisotopic (exact) mass is 382 g/mol. The molecular formula is C18H18N6O4. The second-order valence-corrected chi connectivity index (χ2v) is 6.29. The van der Waals surface area contributed by atoms with E-state index in [4.69, 9.17) is 4.74 Å². The molecule has 0 saturated carbocycles. The number of amides is 1. The molecule has 4 rings (SSSR count). The highest BCUT2D eigenvalue weighted by Gasteiger charge is 2.22. The number of aromatic nitrogens is 3. The Morgan fingerprint density at radius 3 is 2.82 bits per heavy atom. The van der Waals surface area contributed by atoms with Gasteiger partial charge in [-0.3, -0.25) is 19.3 Å². The molecule has 2 aromatic heterocycles. The van der Waals surface area contributed by atoms with Crippen molar-refractivity contribution in [2.45, 2.75) is 6.54 Å². The minimum Gasteiger partial charge on any atom is -0.378 e. The van der Waals surface area contributed by atoms with Gasteiger partial charge in [-0.15, -0.1) is 10.2 Å². The summed E-state index contributed by atoms with van der Waals surface area (Å²) >= 11 is 0. The van der Waals surface area contributed by atoms with Gasteiger partial charge in [-0.1, -0.05) is 6.07 Å². The van der Waals surface area contributed by atoms with E-state index in [9.17, 15) is 14.9 Å². The minimum absolute atomic E-state index is 0.130. The Hall–Kier alpha value is -3.53. The van der Waals surface area contributed by atoms with Crippen LogP contribution < -0.4 is 10.2 Å². The lowest BCUT2D eigenvalue weighted by atomic mass is 10.1. The Bertz CT molecular complexity index is 1030. The van der Waals surface area contributed by atoms with Crippen LogP contribution in [0.25, 0.3) is 5.65 Å². The van der Waals surface area contributed by atoms with Gasteiger partial charge in [0.1, 0.15) is 0 Å². The number of fused-ring (bicyclic) bond motifs is 1. The van der Waals surface area contributed by atoms with Crippen LogP contribution in [-0.2, 0) is 11.3 Å². The molecule has 0 radical (unpaired) electrons. The average Bonchev–Trinajstić information content (AvgIpc) is 3.15. The van der Waals surface area contributed by atoms with Crippen LogP contribution >= 0.6 is 0 Å². The van der Waals surface area contributed by atoms with Gasteiger partial charge < -0.3 is 15.0 Å². The molecular weight excluding hydrogens is 364 g/mol. The van der Waals surface area contributed by atoms with Gasteiger partial charge in [0, 0.05) is 31.4 Å². The number of anilines is 1. The van der Waals surface area contributed by atoms with Crippen LogP contribution in [0.1, 0.15) is 16.2 Å². The molecule has 3 aromatic rings. The lowest BCUT2D eigenvalue weighted by Crippen LogP contribution is -2.38. The van der Waals surface area contributed by atoms with Gasteiger partial charge in [-0.25, -0.2) is 0 Å². The van der Waals surface area contributed by atoms with Crippen molar-refractivity contribution in [1.29, 1.82) is 0 Å². The highest BCUT2D eigenvalue weighted by Crippen LogP contribution is 2.26. The molecule has 0 atom stereocenters. The van der Waals surface area contributed by atoms with E-state index < -0.39 is 10.8 Å². The van der Waals surface area contributed by atoms with E-state index in [2.05, 4.69) is 15.5 Å². The number of pyridine rings is 1. The number of hydrogen-bond acceptors (Lipinski definition) is 7. The molecule has 0 aliphatic carbocycles. The largest absolute Gasteiger partial charge is 0.378 e. The summed E-state index contributed by atoms with van der Waals surface area (Å²) in [5.41, 5.74) is 1.45. The van der Waals surface area contributed by atoms with Crippen LogP contribution in [0.4, 0.5) is 11.4 Å². The zero-order chi connectivity index (χ0) is 19.5. The number of carbonyl (C=O) groups excluding carboxylic acids is 1. The molecule has 0 bridgehead atoms. The van der Waals surface area contributed by atoms with Crippen LogP contribution in [0.3, 0.4) is 0 Å². The summed E-state index contributed by atoms with van der Waals surface area (Å²) in [7, 11) is 0. The molecule has 10 heteroatoms. The smallest absolute Gasteiger partial charge is 0.270 e. The number of hydrogen-bond donors (Lipinski definition) is 1. The second kappa shape index (κ2) is 7.61. The number of non-ortho nitro benzene ring substituents is 1. The quantitative estimate of drug-likeness (QED) is 0.524. The molecule has 1 fully saturated rings. The number of nitrogens with one attached hydrogen (secondary N) is 1. The van der Waals surface area contributed by atoms with E-state index in [1.807, 2.05) is 29.3 Å². The molecule has 144 valence electrons. The Balaban J connectivity index is 1.59. The van der Waals surface area contributed by atoms with E-state index in [-0.39, 0.29) is 17.8 Å². The predicted molar refractivity (Wildman–Crippen MR) is 100 cm³/mol. The van der Waals surface area contributed by atoms with Crippen molar-refractivity contribution >= 4 is 22.9 Å². The highest BCUT2D eigenvalue weighted by atomic mass is 16.6. The SMILES string of the molecule is O=C(NCc1nnc2ccccn12)c1cc([N+](=O)[O-])ccc1N1CCOCC1. The van der Waals surface area contributed by atoms with Gasteiger partial charge in [-0.05, 0) is 18.2 Å². The number of benzene rings is 1. The lowest BCUT2D eigenvalue weighted by molar-refractivity contribution is -0.384. The summed E-state index contributed by atoms with van der Waals surface area (Å²) in [6, 6.07) is 9.85. The van der Waals surface area contributed by atoms with Crippen LogP contribution in [0.2, 0.25) is 0 Å². The number of morpholine rings is 1. The normalized spacial score (nSPS) is 14.2. The number of nitro benzene ring substituents is 1. The number of rotatable bonds is 5. The van der Waals surface area contributed by atoms with Crippen molar-refractivity contribution in [3.05, 3.63) is 64.1 Å². The number of carbonyl (C=O) groups is 1. The topological polar surface area (TPSA) is 115 Å². The molecule has 3 heterocycles. The van der Waals surface area contributed by atoms with E-state index >= 15 is 0 Å². The van der Waals surface area contributed by atoms with Gasteiger partial charge >= 0.3 is 0 Å². The molecule has 0 unspecified atom stereocenters. The first kappa shape index (κ1) is 17.9. The molecule has 1 N–H and O–H groups in total. The molecule has 1 amide bonds. The van der Waals surface area contributed by atoms with Crippen molar-refractivity contribution in [2.24, 2.45) is 0 Å². The Kier molecular flexibility index (Phi) is 4.85. The number of nitrogens with zero attached hydrogens (tertiary/aromatic N) is 5. The summed E-state index contributed by atoms with van der Waals surface area (Å²) in [6.07, 6.45) is 1.81. The maximum Gasteiger partial charge on any atom is 0.270 e. The lowest BCUT2D eigenvalue weighted by Gasteiger charge is -2.30. The van der Waals surface area contributed by atoms with Gasteiger partial charge in [0.05, 0.1) is 35.9 Å². The van der Waals surface area contributed by atoms with Crippen molar-refractivity contribution in [1.82, 2.24) is 19.9 Å². The molecule has 10 nitrogen and oxygen atoms in total. The van der Waals surface area contributed by atoms with E-state index in [0.29, 0.717) is 43.5 Å². The minimum atomic E-state index is -0.508. The van der Waals surface area contributed by atoms with Crippen molar-refractivity contribution in [3.63, 3.8) is 0 Å². The third-order valence-electron chi connectivity index (χ3n) is 4.58. The molecule has 28 heavy (non-hydrogen) atoms. The van der Waals surface area contributed by atoms with E-state index in [1.165, 1.54) is 12.1 Å². The molecule has 1 aliphatic heterocycles. The standard InChI is InChI=1S/C18H18N6O4/c25-18(19-12-17-21-20-16-3-1-2-6-23(16)17)14-11-13(24(26)27)4-5-15(14)22-7-9-28-10-8-22/h1-6,11H,7-10,12H2,(H,19,25).